The first-order valence-electron chi connectivity index (χ1n) is 10.9. The van der Waals surface area contributed by atoms with E-state index in [4.69, 9.17) is 4.74 Å². The lowest BCUT2D eigenvalue weighted by molar-refractivity contribution is -0.126. The number of nitrogens with one attached hydrogen (secondary N) is 1. The number of carbonyl (C=O) groups is 3. The molecule has 1 saturated carbocycles. The van der Waals surface area contributed by atoms with Crippen molar-refractivity contribution in [2.24, 2.45) is 0 Å². The molecule has 2 aromatic carbocycles. The molecule has 2 aliphatic heterocycles. The standard InChI is InChI=1S/C24H25N3O4S/c1-31-18-12-10-17(11-13-18)27-22(29)15-32-24(27)19-8-4-5-9-20(19)26(23(24)30)14-21(28)25-16-6-2-3-7-16/h4-5,8-13,16H,2-3,6-7,14-15H2,1H3,(H,25,28)/t24-/m1/s1. The van der Waals surface area contributed by atoms with Crippen LogP contribution in [-0.2, 0) is 19.3 Å². The van der Waals surface area contributed by atoms with Crippen molar-refractivity contribution < 1.29 is 19.1 Å². The van der Waals surface area contributed by atoms with Gasteiger partial charge in [-0.25, -0.2) is 0 Å². The number of benzene rings is 2. The van der Waals surface area contributed by atoms with Gasteiger partial charge in [0.05, 0.1) is 18.6 Å². The maximum atomic E-state index is 13.9. The van der Waals surface area contributed by atoms with Gasteiger partial charge in [0.25, 0.3) is 5.91 Å². The summed E-state index contributed by atoms with van der Waals surface area (Å²) in [6.07, 6.45) is 4.20. The lowest BCUT2D eigenvalue weighted by Crippen LogP contribution is -2.51. The number of methoxy groups -OCH3 is 1. The van der Waals surface area contributed by atoms with Gasteiger partial charge < -0.3 is 10.1 Å². The van der Waals surface area contributed by atoms with Crippen LogP contribution in [-0.4, -0.2) is 43.2 Å². The highest BCUT2D eigenvalue weighted by atomic mass is 32.2. The van der Waals surface area contributed by atoms with Gasteiger partial charge in [0.1, 0.15) is 12.3 Å². The summed E-state index contributed by atoms with van der Waals surface area (Å²) in [5.74, 6) is 0.300. The molecule has 166 valence electrons. The number of ether oxygens (including phenoxy) is 1. The third-order valence-corrected chi connectivity index (χ3v) is 7.80. The number of hydrogen-bond donors (Lipinski definition) is 1. The minimum Gasteiger partial charge on any atom is -0.497 e. The minimum atomic E-state index is -1.21. The second-order valence-corrected chi connectivity index (χ2v) is 9.49. The summed E-state index contributed by atoms with van der Waals surface area (Å²) in [5.41, 5.74) is 2.05. The largest absolute Gasteiger partial charge is 0.497 e. The highest BCUT2D eigenvalue weighted by Crippen LogP contribution is 2.55. The van der Waals surface area contributed by atoms with Gasteiger partial charge in [0, 0.05) is 17.3 Å². The number of carbonyl (C=O) groups excluding carboxylic acids is 3. The molecule has 7 nitrogen and oxygen atoms in total. The fourth-order valence-corrected chi connectivity index (χ4v) is 6.29. The average Bonchev–Trinajstić information content (AvgIpc) is 3.50. The van der Waals surface area contributed by atoms with Crippen LogP contribution in [0.25, 0.3) is 0 Å². The summed E-state index contributed by atoms with van der Waals surface area (Å²) >= 11 is 1.31. The third-order valence-electron chi connectivity index (χ3n) is 6.42. The third kappa shape index (κ3) is 3.24. The molecule has 3 aliphatic rings. The van der Waals surface area contributed by atoms with Gasteiger partial charge >= 0.3 is 0 Å². The molecule has 0 unspecified atom stereocenters. The van der Waals surface area contributed by atoms with E-state index >= 15 is 0 Å². The molecular weight excluding hydrogens is 426 g/mol. The summed E-state index contributed by atoms with van der Waals surface area (Å²) in [5, 5.41) is 3.07. The highest BCUT2D eigenvalue weighted by Gasteiger charge is 2.61. The topological polar surface area (TPSA) is 79.0 Å². The molecule has 1 saturated heterocycles. The van der Waals surface area contributed by atoms with E-state index < -0.39 is 4.87 Å². The first kappa shape index (κ1) is 20.9. The Bertz CT molecular complexity index is 1070. The highest BCUT2D eigenvalue weighted by molar-refractivity contribution is 8.02. The normalized spacial score (nSPS) is 22.7. The first-order valence-corrected chi connectivity index (χ1v) is 11.8. The van der Waals surface area contributed by atoms with E-state index in [-0.39, 0.29) is 36.1 Å². The van der Waals surface area contributed by atoms with Gasteiger partial charge in [-0.05, 0) is 43.2 Å². The molecular formula is C24H25N3O4S. The van der Waals surface area contributed by atoms with Crippen molar-refractivity contribution >= 4 is 40.9 Å². The maximum absolute atomic E-state index is 13.9. The molecule has 2 aromatic rings. The molecule has 8 heteroatoms. The molecule has 3 amide bonds. The number of rotatable bonds is 5. The van der Waals surface area contributed by atoms with Crippen molar-refractivity contribution in [3.63, 3.8) is 0 Å². The van der Waals surface area contributed by atoms with E-state index in [1.807, 2.05) is 24.3 Å². The summed E-state index contributed by atoms with van der Waals surface area (Å²) in [6, 6.07) is 14.8. The van der Waals surface area contributed by atoms with E-state index in [9.17, 15) is 14.4 Å². The van der Waals surface area contributed by atoms with Crippen LogP contribution in [0.3, 0.4) is 0 Å². The molecule has 1 aliphatic carbocycles. The monoisotopic (exact) mass is 451 g/mol. The van der Waals surface area contributed by atoms with Crippen LogP contribution in [0, 0.1) is 0 Å². The average molecular weight is 452 g/mol. The number of fused-ring (bicyclic) bond motifs is 2. The van der Waals surface area contributed by atoms with E-state index in [2.05, 4.69) is 5.32 Å². The minimum absolute atomic E-state index is 0.0563. The van der Waals surface area contributed by atoms with Crippen LogP contribution < -0.4 is 19.9 Å². The molecule has 1 atom stereocenters. The number of nitrogens with zero attached hydrogens (tertiary/aromatic N) is 2. The van der Waals surface area contributed by atoms with Crippen molar-refractivity contribution in [1.82, 2.24) is 5.32 Å². The van der Waals surface area contributed by atoms with Gasteiger partial charge in [-0.3, -0.25) is 24.2 Å². The fourth-order valence-electron chi connectivity index (χ4n) is 4.93. The Morgan fingerprint density at radius 2 is 1.84 bits per heavy atom. The molecule has 1 spiro atoms. The molecule has 5 rings (SSSR count). The summed E-state index contributed by atoms with van der Waals surface area (Å²) in [4.78, 5) is 41.6. The Kier molecular flexibility index (Phi) is 5.33. The fraction of sp³-hybridized carbons (Fsp3) is 0.375. The lowest BCUT2D eigenvalue weighted by Gasteiger charge is -2.33. The smallest absolute Gasteiger partial charge is 0.269 e. The van der Waals surface area contributed by atoms with Crippen molar-refractivity contribution in [2.45, 2.75) is 36.6 Å². The van der Waals surface area contributed by atoms with E-state index in [0.29, 0.717) is 17.1 Å². The Morgan fingerprint density at radius 1 is 1.12 bits per heavy atom. The molecule has 32 heavy (non-hydrogen) atoms. The Labute approximate surface area is 191 Å². The van der Waals surface area contributed by atoms with Crippen molar-refractivity contribution in [2.75, 3.05) is 29.2 Å². The van der Waals surface area contributed by atoms with Crippen LogP contribution in [0.2, 0.25) is 0 Å². The summed E-state index contributed by atoms with van der Waals surface area (Å²) < 4.78 is 5.24. The Balaban J connectivity index is 1.51. The molecule has 2 fully saturated rings. The molecule has 0 radical (unpaired) electrons. The van der Waals surface area contributed by atoms with Crippen molar-refractivity contribution in [3.8, 4) is 5.75 Å². The lowest BCUT2D eigenvalue weighted by atomic mass is 10.0. The Hall–Kier alpha value is -3.00. The predicted octanol–water partition coefficient (Wildman–Crippen LogP) is 3.03. The van der Waals surface area contributed by atoms with Gasteiger partial charge in [0.2, 0.25) is 16.7 Å². The zero-order valence-electron chi connectivity index (χ0n) is 17.9. The zero-order valence-corrected chi connectivity index (χ0v) is 18.7. The van der Waals surface area contributed by atoms with Crippen LogP contribution in [0.1, 0.15) is 31.2 Å². The predicted molar refractivity (Wildman–Crippen MR) is 124 cm³/mol. The quantitative estimate of drug-likeness (QED) is 0.756. The zero-order chi connectivity index (χ0) is 22.3. The van der Waals surface area contributed by atoms with Crippen LogP contribution in [0.4, 0.5) is 11.4 Å². The van der Waals surface area contributed by atoms with E-state index in [0.717, 1.165) is 31.2 Å². The SMILES string of the molecule is COc1ccc(N2C(=O)CS[C@]23C(=O)N(CC(=O)NC2CCCC2)c2ccccc23)cc1. The van der Waals surface area contributed by atoms with Gasteiger partial charge in [0.15, 0.2) is 0 Å². The van der Waals surface area contributed by atoms with Crippen molar-refractivity contribution in [1.29, 1.82) is 0 Å². The number of amides is 3. The van der Waals surface area contributed by atoms with E-state index in [1.54, 1.807) is 36.3 Å². The van der Waals surface area contributed by atoms with Gasteiger partial charge in [-0.15, -0.1) is 11.8 Å². The van der Waals surface area contributed by atoms with Crippen LogP contribution in [0.5, 0.6) is 5.75 Å². The number of hydrogen-bond acceptors (Lipinski definition) is 5. The number of thioether (sulfide) groups is 1. The van der Waals surface area contributed by atoms with Crippen LogP contribution in [0.15, 0.2) is 48.5 Å². The maximum Gasteiger partial charge on any atom is 0.269 e. The van der Waals surface area contributed by atoms with Crippen molar-refractivity contribution in [3.05, 3.63) is 54.1 Å². The molecule has 2 heterocycles. The van der Waals surface area contributed by atoms with Crippen LogP contribution >= 0.6 is 11.8 Å². The number of anilines is 2. The number of para-hydroxylation sites is 1. The molecule has 1 N–H and O–H groups in total. The van der Waals surface area contributed by atoms with Gasteiger partial charge in [-0.1, -0.05) is 31.0 Å². The molecule has 0 aromatic heterocycles. The summed E-state index contributed by atoms with van der Waals surface area (Å²) in [6.45, 7) is -0.0563. The second-order valence-electron chi connectivity index (χ2n) is 8.32. The Morgan fingerprint density at radius 3 is 2.56 bits per heavy atom. The first-order chi connectivity index (χ1) is 15.5. The van der Waals surface area contributed by atoms with Gasteiger partial charge in [-0.2, -0.15) is 0 Å². The van der Waals surface area contributed by atoms with E-state index in [1.165, 1.54) is 16.7 Å². The molecule has 0 bridgehead atoms. The second kappa shape index (κ2) is 8.16. The summed E-state index contributed by atoms with van der Waals surface area (Å²) in [7, 11) is 1.58.